The second-order valence-electron chi connectivity index (χ2n) is 5.88. The molecule has 0 saturated carbocycles. The van der Waals surface area contributed by atoms with Crippen molar-refractivity contribution in [2.45, 2.75) is 25.8 Å². The first-order valence-corrected chi connectivity index (χ1v) is 7.68. The standard InChI is InChI=1S/C15H25N5/c1-12-6-10-19(2)13-4-5-14(18-15(13)17-12)20-9-3-7-16-8-11-20/h4-5,12,16H,3,6-11H2,1-2H3,(H,17,18)/t12-/m1/s1. The van der Waals surface area contributed by atoms with Crippen LogP contribution < -0.4 is 20.4 Å². The van der Waals surface area contributed by atoms with Gasteiger partial charge in [-0.2, -0.15) is 0 Å². The summed E-state index contributed by atoms with van der Waals surface area (Å²) >= 11 is 0. The molecule has 0 radical (unpaired) electrons. The maximum Gasteiger partial charge on any atom is 0.152 e. The minimum absolute atomic E-state index is 0.479. The molecule has 1 aromatic rings. The van der Waals surface area contributed by atoms with Gasteiger partial charge in [-0.05, 0) is 38.4 Å². The molecule has 0 spiro atoms. The molecule has 1 atom stereocenters. The van der Waals surface area contributed by atoms with Crippen LogP contribution in [0.1, 0.15) is 19.8 Å². The molecule has 0 unspecified atom stereocenters. The highest BCUT2D eigenvalue weighted by molar-refractivity contribution is 5.69. The number of nitrogens with zero attached hydrogens (tertiary/aromatic N) is 3. The highest BCUT2D eigenvalue weighted by Gasteiger charge is 2.19. The van der Waals surface area contributed by atoms with Crippen LogP contribution in [0.25, 0.3) is 0 Å². The Bertz CT molecular complexity index is 454. The van der Waals surface area contributed by atoms with Crippen LogP contribution in [0.5, 0.6) is 0 Å². The lowest BCUT2D eigenvalue weighted by molar-refractivity contribution is 0.710. The third-order valence-corrected chi connectivity index (χ3v) is 4.22. The van der Waals surface area contributed by atoms with E-state index in [4.69, 9.17) is 4.98 Å². The third kappa shape index (κ3) is 2.82. The Labute approximate surface area is 121 Å². The second-order valence-corrected chi connectivity index (χ2v) is 5.88. The Morgan fingerprint density at radius 2 is 2.10 bits per heavy atom. The zero-order valence-electron chi connectivity index (χ0n) is 12.5. The molecule has 3 heterocycles. The Balaban J connectivity index is 1.87. The molecule has 5 heteroatoms. The van der Waals surface area contributed by atoms with Crippen molar-refractivity contribution in [2.24, 2.45) is 0 Å². The van der Waals surface area contributed by atoms with Crippen molar-refractivity contribution >= 4 is 17.3 Å². The van der Waals surface area contributed by atoms with E-state index in [2.05, 4.69) is 46.5 Å². The summed E-state index contributed by atoms with van der Waals surface area (Å²) in [6.07, 6.45) is 2.33. The molecule has 1 aromatic heterocycles. The zero-order valence-corrected chi connectivity index (χ0v) is 12.5. The van der Waals surface area contributed by atoms with Crippen molar-refractivity contribution in [1.82, 2.24) is 10.3 Å². The number of nitrogens with one attached hydrogen (secondary N) is 2. The van der Waals surface area contributed by atoms with E-state index in [0.29, 0.717) is 6.04 Å². The van der Waals surface area contributed by atoms with Gasteiger partial charge in [0, 0.05) is 39.3 Å². The van der Waals surface area contributed by atoms with Crippen molar-refractivity contribution in [3.63, 3.8) is 0 Å². The van der Waals surface area contributed by atoms with E-state index in [1.54, 1.807) is 0 Å². The molecular weight excluding hydrogens is 250 g/mol. The first kappa shape index (κ1) is 13.5. The highest BCUT2D eigenvalue weighted by Crippen LogP contribution is 2.29. The van der Waals surface area contributed by atoms with E-state index < -0.39 is 0 Å². The Morgan fingerprint density at radius 1 is 1.20 bits per heavy atom. The highest BCUT2D eigenvalue weighted by atomic mass is 15.2. The molecule has 0 aromatic carbocycles. The number of hydrogen-bond acceptors (Lipinski definition) is 5. The topological polar surface area (TPSA) is 43.4 Å². The minimum atomic E-state index is 0.479. The molecule has 20 heavy (non-hydrogen) atoms. The van der Waals surface area contributed by atoms with Gasteiger partial charge in [0.05, 0.1) is 5.69 Å². The molecule has 0 aliphatic carbocycles. The average Bonchev–Trinajstić information content (AvgIpc) is 2.79. The Hall–Kier alpha value is -1.49. The molecule has 2 aliphatic rings. The van der Waals surface area contributed by atoms with Gasteiger partial charge in [0.15, 0.2) is 5.82 Å². The van der Waals surface area contributed by atoms with Crippen LogP contribution in [0.15, 0.2) is 12.1 Å². The Kier molecular flexibility index (Phi) is 3.96. The van der Waals surface area contributed by atoms with E-state index in [1.807, 2.05) is 0 Å². The maximum atomic E-state index is 4.88. The monoisotopic (exact) mass is 275 g/mol. The van der Waals surface area contributed by atoms with Crippen LogP contribution >= 0.6 is 0 Å². The summed E-state index contributed by atoms with van der Waals surface area (Å²) in [5, 5.41) is 6.99. The van der Waals surface area contributed by atoms with Gasteiger partial charge in [-0.3, -0.25) is 0 Å². The minimum Gasteiger partial charge on any atom is -0.372 e. The molecule has 2 aliphatic heterocycles. The van der Waals surface area contributed by atoms with Crippen molar-refractivity contribution in [3.8, 4) is 0 Å². The van der Waals surface area contributed by atoms with Crippen molar-refractivity contribution in [1.29, 1.82) is 0 Å². The zero-order chi connectivity index (χ0) is 13.9. The molecular formula is C15H25N5. The molecule has 0 amide bonds. The number of pyridine rings is 1. The van der Waals surface area contributed by atoms with Gasteiger partial charge in [-0.15, -0.1) is 0 Å². The van der Waals surface area contributed by atoms with Gasteiger partial charge in [0.1, 0.15) is 5.82 Å². The van der Waals surface area contributed by atoms with E-state index in [0.717, 1.165) is 50.8 Å². The van der Waals surface area contributed by atoms with Crippen LogP contribution in [0.2, 0.25) is 0 Å². The van der Waals surface area contributed by atoms with Crippen LogP contribution in [-0.4, -0.2) is 50.8 Å². The summed E-state index contributed by atoms with van der Waals surface area (Å²) in [7, 11) is 2.15. The normalized spacial score (nSPS) is 23.6. The predicted octanol–water partition coefficient (Wildman–Crippen LogP) is 1.52. The fraction of sp³-hybridized carbons (Fsp3) is 0.667. The summed E-state index contributed by atoms with van der Waals surface area (Å²) < 4.78 is 0. The molecule has 0 bridgehead atoms. The SMILES string of the molecule is C[C@@H]1CCN(C)c2ccc(N3CCCNCC3)nc2N1. The lowest BCUT2D eigenvalue weighted by Gasteiger charge is -2.24. The fourth-order valence-electron chi connectivity index (χ4n) is 2.92. The first-order chi connectivity index (χ1) is 9.74. The summed E-state index contributed by atoms with van der Waals surface area (Å²) in [6, 6.07) is 4.85. The van der Waals surface area contributed by atoms with E-state index in [9.17, 15) is 0 Å². The third-order valence-electron chi connectivity index (χ3n) is 4.22. The molecule has 1 saturated heterocycles. The molecule has 2 N–H and O–H groups in total. The number of rotatable bonds is 1. The van der Waals surface area contributed by atoms with Crippen LogP contribution in [0.4, 0.5) is 17.3 Å². The summed E-state index contributed by atoms with van der Waals surface area (Å²) in [5.74, 6) is 2.13. The van der Waals surface area contributed by atoms with Gasteiger partial charge in [-0.25, -0.2) is 4.98 Å². The molecule has 3 rings (SSSR count). The van der Waals surface area contributed by atoms with Crippen LogP contribution in [-0.2, 0) is 0 Å². The lowest BCUT2D eigenvalue weighted by Crippen LogP contribution is -2.29. The number of aromatic nitrogens is 1. The quantitative estimate of drug-likeness (QED) is 0.813. The smallest absolute Gasteiger partial charge is 0.152 e. The van der Waals surface area contributed by atoms with Gasteiger partial charge in [0.2, 0.25) is 0 Å². The molecule has 5 nitrogen and oxygen atoms in total. The first-order valence-electron chi connectivity index (χ1n) is 7.68. The summed E-state index contributed by atoms with van der Waals surface area (Å²) in [4.78, 5) is 9.57. The van der Waals surface area contributed by atoms with Crippen molar-refractivity contribution in [3.05, 3.63) is 12.1 Å². The molecule has 1 fully saturated rings. The van der Waals surface area contributed by atoms with Crippen LogP contribution in [0, 0.1) is 0 Å². The van der Waals surface area contributed by atoms with Gasteiger partial charge < -0.3 is 20.4 Å². The lowest BCUT2D eigenvalue weighted by atomic mass is 10.2. The number of anilines is 3. The number of fused-ring (bicyclic) bond motifs is 1. The number of hydrogen-bond donors (Lipinski definition) is 2. The second kappa shape index (κ2) is 5.87. The van der Waals surface area contributed by atoms with E-state index in [-0.39, 0.29) is 0 Å². The largest absolute Gasteiger partial charge is 0.372 e. The van der Waals surface area contributed by atoms with E-state index >= 15 is 0 Å². The van der Waals surface area contributed by atoms with Crippen LogP contribution in [0.3, 0.4) is 0 Å². The average molecular weight is 275 g/mol. The van der Waals surface area contributed by atoms with Crippen molar-refractivity contribution < 1.29 is 0 Å². The van der Waals surface area contributed by atoms with Gasteiger partial charge >= 0.3 is 0 Å². The van der Waals surface area contributed by atoms with Gasteiger partial charge in [-0.1, -0.05) is 0 Å². The summed E-state index contributed by atoms with van der Waals surface area (Å²) in [5.41, 5.74) is 1.21. The van der Waals surface area contributed by atoms with Gasteiger partial charge in [0.25, 0.3) is 0 Å². The molecule has 110 valence electrons. The Morgan fingerprint density at radius 3 is 3.00 bits per heavy atom. The van der Waals surface area contributed by atoms with E-state index in [1.165, 1.54) is 12.1 Å². The predicted molar refractivity (Wildman–Crippen MR) is 84.9 cm³/mol. The summed E-state index contributed by atoms with van der Waals surface area (Å²) in [6.45, 7) is 7.59. The maximum absolute atomic E-state index is 4.88. The van der Waals surface area contributed by atoms with Crippen molar-refractivity contribution in [2.75, 3.05) is 54.9 Å². The fourth-order valence-corrected chi connectivity index (χ4v) is 2.92.